The quantitative estimate of drug-likeness (QED) is 0.0241. The zero-order valence-corrected chi connectivity index (χ0v) is 37.3. The molecule has 11 nitrogen and oxygen atoms in total. The van der Waals surface area contributed by atoms with Crippen molar-refractivity contribution in [2.24, 2.45) is 34.7 Å². The van der Waals surface area contributed by atoms with Gasteiger partial charge < -0.3 is 23.7 Å². The molecule has 6 rings (SSSR count). The Labute approximate surface area is 366 Å². The van der Waals surface area contributed by atoms with Gasteiger partial charge in [-0.3, -0.25) is 9.59 Å². The van der Waals surface area contributed by atoms with E-state index in [1.54, 1.807) is 18.4 Å². The van der Waals surface area contributed by atoms with E-state index in [9.17, 15) is 14.4 Å². The molecule has 1 heterocycles. The number of carbonyl (C=O) groups is 3. The van der Waals surface area contributed by atoms with Crippen molar-refractivity contribution < 1.29 is 38.1 Å². The molecule has 0 spiro atoms. The number of para-hydroxylation sites is 1. The Morgan fingerprint density at radius 3 is 2.20 bits per heavy atom. The van der Waals surface area contributed by atoms with Gasteiger partial charge in [-0.1, -0.05) is 68.7 Å². The Morgan fingerprint density at radius 2 is 1.51 bits per heavy atom. The van der Waals surface area contributed by atoms with Crippen molar-refractivity contribution in [2.75, 3.05) is 51.7 Å². The van der Waals surface area contributed by atoms with E-state index >= 15 is 0 Å². The molecule has 0 unspecified atom stereocenters. The second kappa shape index (κ2) is 24.5. The number of unbranched alkanes of at least 4 members (excludes halogenated alkanes) is 1. The molecule has 2 aromatic carbocycles. The molecule has 0 bridgehead atoms. The van der Waals surface area contributed by atoms with Gasteiger partial charge in [-0.05, 0) is 131 Å². The highest BCUT2D eigenvalue weighted by molar-refractivity contribution is 7.22. The van der Waals surface area contributed by atoms with Gasteiger partial charge in [-0.15, -0.1) is 0 Å². The van der Waals surface area contributed by atoms with E-state index in [4.69, 9.17) is 33.8 Å². The summed E-state index contributed by atoms with van der Waals surface area (Å²) in [5, 5.41) is 7.62. The van der Waals surface area contributed by atoms with E-state index in [0.29, 0.717) is 76.6 Å². The molecule has 1 aromatic heterocycles. The van der Waals surface area contributed by atoms with Crippen LogP contribution in [-0.2, 0) is 33.3 Å². The number of aromatic nitrogens is 1. The number of hydrazone groups is 1. The zero-order valence-electron chi connectivity index (χ0n) is 36.4. The fraction of sp³-hybridized carbons (Fsp3) is 0.612. The van der Waals surface area contributed by atoms with E-state index in [2.05, 4.69) is 31.7 Å². The van der Waals surface area contributed by atoms with Crippen LogP contribution in [0.5, 0.6) is 5.75 Å². The van der Waals surface area contributed by atoms with Crippen LogP contribution >= 0.6 is 11.3 Å². The van der Waals surface area contributed by atoms with Crippen LogP contribution in [0.25, 0.3) is 10.2 Å². The van der Waals surface area contributed by atoms with E-state index < -0.39 is 5.97 Å². The minimum absolute atomic E-state index is 0.237. The summed E-state index contributed by atoms with van der Waals surface area (Å²) >= 11 is 1.58. The molecular weight excluding hydrogens is 791 g/mol. The van der Waals surface area contributed by atoms with E-state index in [0.717, 1.165) is 44.7 Å². The highest BCUT2D eigenvalue weighted by Gasteiger charge is 2.34. The normalized spacial score (nSPS) is 23.1. The third-order valence-corrected chi connectivity index (χ3v) is 14.1. The van der Waals surface area contributed by atoms with Gasteiger partial charge in [0.1, 0.15) is 5.75 Å². The lowest BCUT2D eigenvalue weighted by Gasteiger charge is -2.38. The van der Waals surface area contributed by atoms with Gasteiger partial charge in [-0.25, -0.2) is 14.8 Å². The smallest absolute Gasteiger partial charge is 0.330 e. The maximum Gasteiger partial charge on any atom is 0.330 e. The molecule has 0 amide bonds. The topological polar surface area (TPSA) is 126 Å². The van der Waals surface area contributed by atoms with Crippen LogP contribution in [0.4, 0.5) is 5.13 Å². The van der Waals surface area contributed by atoms with E-state index in [1.165, 1.54) is 69.8 Å². The number of rotatable bonds is 22. The molecule has 332 valence electrons. The van der Waals surface area contributed by atoms with Crippen LogP contribution in [0, 0.1) is 29.6 Å². The molecule has 3 aliphatic carbocycles. The Hall–Kier alpha value is -4.13. The predicted molar refractivity (Wildman–Crippen MR) is 241 cm³/mol. The minimum atomic E-state index is -0.460. The number of hydrogen-bond acceptors (Lipinski definition) is 12. The first-order valence-corrected chi connectivity index (χ1v) is 23.7. The second-order valence-corrected chi connectivity index (χ2v) is 18.1. The van der Waals surface area contributed by atoms with Gasteiger partial charge >= 0.3 is 17.9 Å². The van der Waals surface area contributed by atoms with Gasteiger partial charge in [0.05, 0.1) is 67.8 Å². The molecule has 0 saturated heterocycles. The van der Waals surface area contributed by atoms with E-state index in [-0.39, 0.29) is 37.0 Å². The highest BCUT2D eigenvalue weighted by Crippen LogP contribution is 2.45. The monoisotopic (exact) mass is 857 g/mol. The average Bonchev–Trinajstić information content (AvgIpc) is 3.73. The molecular formula is C49H67N3O8S. The number of thiazole rings is 1. The summed E-state index contributed by atoms with van der Waals surface area (Å²) in [4.78, 5) is 42.7. The maximum absolute atomic E-state index is 13.8. The number of benzene rings is 2. The molecule has 12 heteroatoms. The summed E-state index contributed by atoms with van der Waals surface area (Å²) in [5.41, 5.74) is 2.93. The maximum atomic E-state index is 13.8. The number of methoxy groups -OCH3 is 1. The van der Waals surface area contributed by atoms with Crippen LogP contribution in [0.15, 0.2) is 60.2 Å². The highest BCUT2D eigenvalue weighted by atomic mass is 32.1. The molecule has 0 atom stereocenters. The summed E-state index contributed by atoms with van der Waals surface area (Å²) in [6.07, 6.45) is 19.5. The molecule has 0 radical (unpaired) electrons. The first kappa shape index (κ1) is 46.4. The molecule has 0 aliphatic heterocycles. The number of carbonyl (C=O) groups excluding carboxylic acids is 3. The summed E-state index contributed by atoms with van der Waals surface area (Å²) in [7, 11) is 1.66. The SMILES string of the molecule is C=CC(=O)OCCCCOC(=O)C1CCC(C(=O)Oc2ccc(C3CCC(C4CCC(CCC)CC4)CC3)cc2/C=N/N(CCOCCOC)c2nc3ccccc3s2)CC1. The van der Waals surface area contributed by atoms with Crippen molar-refractivity contribution in [1.82, 2.24) is 4.98 Å². The number of hydrogen-bond donors (Lipinski definition) is 0. The van der Waals surface area contributed by atoms with Crippen molar-refractivity contribution in [3.63, 3.8) is 0 Å². The number of ether oxygens (including phenoxy) is 5. The standard InChI is InChI=1S/C49H67N3O8S/c1-4-10-35-13-15-36(16-14-35)37-17-19-38(20-18-37)41-25-26-44(60-48(55)40-23-21-39(22-24-40)47(54)59-29-9-8-28-58-46(53)5-2)42(33-41)34-50-52(27-30-57-32-31-56-3)49-51-43-11-6-7-12-45(43)61-49/h5-7,11-12,25-26,33-40H,2,4,8-10,13-24,27-32H2,1,3H3/b50-34+. The summed E-state index contributed by atoms with van der Waals surface area (Å²) < 4.78 is 28.8. The first-order valence-electron chi connectivity index (χ1n) is 22.9. The summed E-state index contributed by atoms with van der Waals surface area (Å²) in [5.74, 6) is 2.02. The fourth-order valence-electron chi connectivity index (χ4n) is 9.48. The molecule has 3 saturated carbocycles. The average molecular weight is 858 g/mol. The molecule has 3 fully saturated rings. The Bertz CT molecular complexity index is 1840. The van der Waals surface area contributed by atoms with Crippen LogP contribution in [0.1, 0.15) is 127 Å². The van der Waals surface area contributed by atoms with Crippen molar-refractivity contribution >= 4 is 50.8 Å². The lowest BCUT2D eigenvalue weighted by Crippen LogP contribution is -2.29. The number of nitrogens with zero attached hydrogens (tertiary/aromatic N) is 3. The van der Waals surface area contributed by atoms with Crippen LogP contribution in [-0.4, -0.2) is 75.8 Å². The molecule has 0 N–H and O–H groups in total. The zero-order chi connectivity index (χ0) is 42.8. The molecule has 3 aromatic rings. The Balaban J connectivity index is 1.12. The largest absolute Gasteiger partial charge is 0.465 e. The van der Waals surface area contributed by atoms with Crippen LogP contribution < -0.4 is 9.75 Å². The first-order chi connectivity index (χ1) is 29.8. The van der Waals surface area contributed by atoms with Gasteiger partial charge in [0.2, 0.25) is 5.13 Å². The van der Waals surface area contributed by atoms with Gasteiger partial charge in [0, 0.05) is 18.7 Å². The minimum Gasteiger partial charge on any atom is -0.465 e. The lowest BCUT2D eigenvalue weighted by atomic mass is 9.68. The van der Waals surface area contributed by atoms with Gasteiger partial charge in [-0.2, -0.15) is 5.10 Å². The molecule has 61 heavy (non-hydrogen) atoms. The van der Waals surface area contributed by atoms with Crippen LogP contribution in [0.3, 0.4) is 0 Å². The lowest BCUT2D eigenvalue weighted by molar-refractivity contribution is -0.152. The third kappa shape index (κ3) is 13.9. The van der Waals surface area contributed by atoms with Gasteiger partial charge in [0.15, 0.2) is 0 Å². The third-order valence-electron chi connectivity index (χ3n) is 13.0. The number of esters is 3. The summed E-state index contributed by atoms with van der Waals surface area (Å²) in [6, 6.07) is 14.3. The number of fused-ring (bicyclic) bond motifs is 1. The molecule has 3 aliphatic rings. The van der Waals surface area contributed by atoms with Gasteiger partial charge in [0.25, 0.3) is 0 Å². The fourth-order valence-corrected chi connectivity index (χ4v) is 10.4. The van der Waals surface area contributed by atoms with Crippen molar-refractivity contribution in [2.45, 2.75) is 116 Å². The number of anilines is 1. The van der Waals surface area contributed by atoms with Crippen LogP contribution in [0.2, 0.25) is 0 Å². The second-order valence-electron chi connectivity index (χ2n) is 17.1. The van der Waals surface area contributed by atoms with Crippen molar-refractivity contribution in [3.8, 4) is 5.75 Å². The van der Waals surface area contributed by atoms with E-state index in [1.807, 2.05) is 35.5 Å². The van der Waals surface area contributed by atoms with Crippen molar-refractivity contribution in [3.05, 3.63) is 66.2 Å². The Morgan fingerprint density at radius 1 is 0.820 bits per heavy atom. The van der Waals surface area contributed by atoms with Crippen molar-refractivity contribution in [1.29, 1.82) is 0 Å². The Kier molecular flexibility index (Phi) is 18.6. The summed E-state index contributed by atoms with van der Waals surface area (Å²) in [6.45, 7) is 8.14. The predicted octanol–water partition coefficient (Wildman–Crippen LogP) is 10.4.